The first-order chi connectivity index (χ1) is 14.7. The van der Waals surface area contributed by atoms with Gasteiger partial charge in [-0.2, -0.15) is 0 Å². The lowest BCUT2D eigenvalue weighted by Gasteiger charge is -2.12. The van der Waals surface area contributed by atoms with E-state index in [1.54, 1.807) is 10.8 Å². The van der Waals surface area contributed by atoms with Gasteiger partial charge in [0, 0.05) is 23.6 Å². The van der Waals surface area contributed by atoms with Crippen LogP contribution in [-0.2, 0) is 6.42 Å². The quantitative estimate of drug-likeness (QED) is 0.482. The van der Waals surface area contributed by atoms with Crippen LogP contribution in [-0.4, -0.2) is 19.5 Å². The van der Waals surface area contributed by atoms with Crippen molar-refractivity contribution in [2.45, 2.75) is 6.42 Å². The van der Waals surface area contributed by atoms with Crippen LogP contribution >= 0.6 is 11.3 Å². The van der Waals surface area contributed by atoms with Crippen molar-refractivity contribution < 1.29 is 0 Å². The highest BCUT2D eigenvalue weighted by Gasteiger charge is 2.15. The van der Waals surface area contributed by atoms with Gasteiger partial charge in [-0.1, -0.05) is 42.5 Å². The number of fused-ring (bicyclic) bond motifs is 1. The smallest absolute Gasteiger partial charge is 0.278 e. The molecule has 0 amide bonds. The minimum atomic E-state index is -0.181. The van der Waals surface area contributed by atoms with Gasteiger partial charge in [-0.15, -0.1) is 11.3 Å². The van der Waals surface area contributed by atoms with Crippen molar-refractivity contribution in [3.8, 4) is 16.9 Å². The summed E-state index contributed by atoms with van der Waals surface area (Å²) in [5.41, 5.74) is 10.7. The molecule has 0 bridgehead atoms. The van der Waals surface area contributed by atoms with Crippen molar-refractivity contribution in [1.29, 1.82) is 0 Å². The lowest BCUT2D eigenvalue weighted by atomic mass is 10.1. The van der Waals surface area contributed by atoms with E-state index in [-0.39, 0.29) is 5.56 Å². The number of rotatable bonds is 4. The number of aromatic nitrogens is 4. The average molecular weight is 411 g/mol. The van der Waals surface area contributed by atoms with E-state index in [0.717, 1.165) is 16.8 Å². The van der Waals surface area contributed by atoms with Crippen LogP contribution in [0.3, 0.4) is 0 Å². The molecular formula is C23H17N5OS. The topological polar surface area (TPSA) is 86.7 Å². The Labute approximate surface area is 176 Å². The Morgan fingerprint density at radius 1 is 0.967 bits per heavy atom. The zero-order valence-electron chi connectivity index (χ0n) is 15.9. The molecule has 7 heteroatoms. The largest absolute Gasteiger partial charge is 0.375 e. The second-order valence-electron chi connectivity index (χ2n) is 6.83. The maximum absolute atomic E-state index is 13.5. The highest BCUT2D eigenvalue weighted by molar-refractivity contribution is 7.13. The summed E-state index contributed by atoms with van der Waals surface area (Å²) in [7, 11) is 0. The van der Waals surface area contributed by atoms with Crippen LogP contribution in [0.5, 0.6) is 0 Å². The molecule has 0 aliphatic carbocycles. The van der Waals surface area contributed by atoms with Crippen molar-refractivity contribution in [2.75, 3.05) is 5.73 Å². The number of nitrogen functional groups attached to an aromatic ring is 1. The van der Waals surface area contributed by atoms with Gasteiger partial charge in [0.25, 0.3) is 5.56 Å². The predicted molar refractivity (Wildman–Crippen MR) is 120 cm³/mol. The standard InChI is InChI=1S/C23H17N5OS/c24-23-27-20(14-30-23)16-8-4-9-17(13-16)28-21-18(10-5-11-25-21)26-19(22(28)29)12-15-6-2-1-3-7-15/h1-11,13-14H,12H2,(H2,24,27). The van der Waals surface area contributed by atoms with Gasteiger partial charge < -0.3 is 5.73 Å². The summed E-state index contributed by atoms with van der Waals surface area (Å²) in [6.45, 7) is 0. The van der Waals surface area contributed by atoms with Crippen LogP contribution in [0.2, 0.25) is 0 Å². The lowest BCUT2D eigenvalue weighted by molar-refractivity contribution is 0.927. The van der Waals surface area contributed by atoms with E-state index in [0.29, 0.717) is 34.1 Å². The number of thiazole rings is 1. The fourth-order valence-corrected chi connectivity index (χ4v) is 4.01. The monoisotopic (exact) mass is 411 g/mol. The van der Waals surface area contributed by atoms with E-state index in [1.165, 1.54) is 11.3 Å². The average Bonchev–Trinajstić information content (AvgIpc) is 3.22. The van der Waals surface area contributed by atoms with Crippen LogP contribution in [0, 0.1) is 0 Å². The Morgan fingerprint density at radius 2 is 1.83 bits per heavy atom. The second-order valence-corrected chi connectivity index (χ2v) is 7.72. The van der Waals surface area contributed by atoms with E-state index in [4.69, 9.17) is 5.73 Å². The van der Waals surface area contributed by atoms with Gasteiger partial charge in [-0.25, -0.2) is 15.0 Å². The molecule has 5 aromatic rings. The second kappa shape index (κ2) is 7.53. The lowest BCUT2D eigenvalue weighted by Crippen LogP contribution is -2.25. The molecule has 5 rings (SSSR count). The van der Waals surface area contributed by atoms with Gasteiger partial charge in [0.1, 0.15) is 11.2 Å². The molecule has 2 N–H and O–H groups in total. The third-order valence-electron chi connectivity index (χ3n) is 4.82. The summed E-state index contributed by atoms with van der Waals surface area (Å²) >= 11 is 1.39. The molecule has 0 aliphatic rings. The zero-order valence-corrected chi connectivity index (χ0v) is 16.7. The number of benzene rings is 2. The summed E-state index contributed by atoms with van der Waals surface area (Å²) in [5, 5.41) is 2.41. The molecule has 0 saturated heterocycles. The van der Waals surface area contributed by atoms with Gasteiger partial charge in [0.05, 0.1) is 11.4 Å². The number of nitrogens with two attached hydrogens (primary N) is 1. The summed E-state index contributed by atoms with van der Waals surface area (Å²) in [6.07, 6.45) is 2.12. The summed E-state index contributed by atoms with van der Waals surface area (Å²) in [6, 6.07) is 21.2. The first-order valence-corrected chi connectivity index (χ1v) is 10.3. The van der Waals surface area contributed by atoms with Crippen LogP contribution in [0.4, 0.5) is 5.13 Å². The Morgan fingerprint density at radius 3 is 2.63 bits per heavy atom. The third-order valence-corrected chi connectivity index (χ3v) is 5.49. The van der Waals surface area contributed by atoms with E-state index in [2.05, 4.69) is 15.0 Å². The number of hydrogen-bond donors (Lipinski definition) is 1. The highest BCUT2D eigenvalue weighted by atomic mass is 32.1. The van der Waals surface area contributed by atoms with Crippen molar-refractivity contribution in [1.82, 2.24) is 19.5 Å². The van der Waals surface area contributed by atoms with E-state index >= 15 is 0 Å². The minimum Gasteiger partial charge on any atom is -0.375 e. The molecule has 0 spiro atoms. The maximum Gasteiger partial charge on any atom is 0.278 e. The Bertz CT molecular complexity index is 1410. The van der Waals surface area contributed by atoms with Crippen molar-refractivity contribution in [2.24, 2.45) is 0 Å². The molecule has 0 radical (unpaired) electrons. The number of pyridine rings is 1. The van der Waals surface area contributed by atoms with Gasteiger partial charge >= 0.3 is 0 Å². The van der Waals surface area contributed by atoms with Crippen molar-refractivity contribution in [3.05, 3.63) is 99.9 Å². The zero-order chi connectivity index (χ0) is 20.5. The van der Waals surface area contributed by atoms with Gasteiger partial charge in [-0.3, -0.25) is 9.36 Å². The molecule has 6 nitrogen and oxygen atoms in total. The van der Waals surface area contributed by atoms with Crippen LogP contribution in [0.25, 0.3) is 28.1 Å². The Hall–Kier alpha value is -3.84. The molecule has 0 unspecified atom stereocenters. The van der Waals surface area contributed by atoms with Crippen LogP contribution in [0.1, 0.15) is 11.3 Å². The molecular weight excluding hydrogens is 394 g/mol. The number of nitrogens with zero attached hydrogens (tertiary/aromatic N) is 4. The molecule has 3 aromatic heterocycles. The molecule has 30 heavy (non-hydrogen) atoms. The first-order valence-electron chi connectivity index (χ1n) is 9.41. The fraction of sp³-hybridized carbons (Fsp3) is 0.0435. The van der Waals surface area contributed by atoms with E-state index < -0.39 is 0 Å². The molecule has 0 fully saturated rings. The van der Waals surface area contributed by atoms with Crippen molar-refractivity contribution in [3.63, 3.8) is 0 Å². The van der Waals surface area contributed by atoms with Gasteiger partial charge in [-0.05, 0) is 29.8 Å². The normalized spacial score (nSPS) is 11.1. The van der Waals surface area contributed by atoms with Crippen molar-refractivity contribution >= 4 is 27.6 Å². The Balaban J connectivity index is 1.70. The van der Waals surface area contributed by atoms with E-state index in [1.807, 2.05) is 72.1 Å². The number of anilines is 1. The third kappa shape index (κ3) is 3.35. The molecule has 146 valence electrons. The summed E-state index contributed by atoms with van der Waals surface area (Å²) < 4.78 is 1.62. The van der Waals surface area contributed by atoms with Crippen LogP contribution < -0.4 is 11.3 Å². The molecule has 0 saturated carbocycles. The van der Waals surface area contributed by atoms with E-state index in [9.17, 15) is 4.79 Å². The number of hydrogen-bond acceptors (Lipinski definition) is 6. The molecule has 2 aromatic carbocycles. The summed E-state index contributed by atoms with van der Waals surface area (Å²) in [5.74, 6) is 0. The first kappa shape index (κ1) is 18.2. The predicted octanol–water partition coefficient (Wildman–Crippen LogP) is 4.08. The van der Waals surface area contributed by atoms with Gasteiger partial charge in [0.2, 0.25) is 0 Å². The molecule has 0 aliphatic heterocycles. The van der Waals surface area contributed by atoms with Crippen LogP contribution in [0.15, 0.2) is 83.1 Å². The Kier molecular flexibility index (Phi) is 4.57. The minimum absolute atomic E-state index is 0.181. The molecule has 3 heterocycles. The summed E-state index contributed by atoms with van der Waals surface area (Å²) in [4.78, 5) is 26.9. The maximum atomic E-state index is 13.5. The fourth-order valence-electron chi connectivity index (χ4n) is 3.43. The SMILES string of the molecule is Nc1nc(-c2cccc(-n3c(=O)c(Cc4ccccc4)nc4cccnc43)c2)cs1. The molecule has 0 atom stereocenters. The highest BCUT2D eigenvalue weighted by Crippen LogP contribution is 2.25. The van der Waals surface area contributed by atoms with Gasteiger partial charge in [0.15, 0.2) is 10.8 Å².